The summed E-state index contributed by atoms with van der Waals surface area (Å²) in [4.78, 5) is 19.4. The lowest BCUT2D eigenvalue weighted by atomic mass is 9.78. The lowest BCUT2D eigenvalue weighted by molar-refractivity contribution is -0.00744. The zero-order valence-electron chi connectivity index (χ0n) is 19.7. The van der Waals surface area contributed by atoms with Crippen LogP contribution in [-0.2, 0) is 7.05 Å². The number of rotatable bonds is 5. The second-order valence-electron chi connectivity index (χ2n) is 9.68. The number of nitrogens with two attached hydrogens (primary N) is 1. The van der Waals surface area contributed by atoms with Crippen molar-refractivity contribution in [1.29, 1.82) is 0 Å². The minimum Gasteiger partial charge on any atom is -0.368 e. The number of nitrogens with zero attached hydrogens (tertiary/aromatic N) is 7. The molecule has 1 aliphatic carbocycles. The average molecular weight is 490 g/mol. The van der Waals surface area contributed by atoms with E-state index in [9.17, 15) is 8.78 Å². The fourth-order valence-corrected chi connectivity index (χ4v) is 5.08. The van der Waals surface area contributed by atoms with Gasteiger partial charge in [0.15, 0.2) is 5.82 Å². The summed E-state index contributed by atoms with van der Waals surface area (Å²) >= 11 is 0. The molecule has 9 nitrogen and oxygen atoms in total. The van der Waals surface area contributed by atoms with E-state index in [2.05, 4.69) is 35.3 Å². The van der Waals surface area contributed by atoms with Crippen LogP contribution in [-0.4, -0.2) is 48.7 Å². The molecule has 1 aromatic carbocycles. The van der Waals surface area contributed by atoms with Crippen LogP contribution in [0.2, 0.25) is 0 Å². The molecule has 11 heteroatoms. The van der Waals surface area contributed by atoms with Crippen molar-refractivity contribution in [1.82, 2.24) is 29.7 Å². The monoisotopic (exact) mass is 489 g/mol. The van der Waals surface area contributed by atoms with Crippen LogP contribution < -0.4 is 16.0 Å². The van der Waals surface area contributed by atoms with Gasteiger partial charge in [0, 0.05) is 67.6 Å². The van der Waals surface area contributed by atoms with Gasteiger partial charge in [0.2, 0.25) is 17.8 Å². The van der Waals surface area contributed by atoms with Gasteiger partial charge >= 0.3 is 0 Å². The molecule has 2 aliphatic rings. The summed E-state index contributed by atoms with van der Waals surface area (Å²) in [7, 11) is 1.82. The average Bonchev–Trinajstić information content (AvgIpc) is 3.38. The van der Waals surface area contributed by atoms with Crippen molar-refractivity contribution in [2.75, 3.05) is 29.0 Å². The number of aromatic nitrogens is 6. The summed E-state index contributed by atoms with van der Waals surface area (Å²) in [6.45, 7) is 1.27. The molecule has 4 heterocycles. The predicted octanol–water partition coefficient (Wildman–Crippen LogP) is 4.29. The van der Waals surface area contributed by atoms with Gasteiger partial charge in [-0.05, 0) is 36.8 Å². The summed E-state index contributed by atoms with van der Waals surface area (Å²) in [5, 5.41) is 7.79. The third-order valence-electron chi connectivity index (χ3n) is 6.91. The summed E-state index contributed by atoms with van der Waals surface area (Å²) in [5.41, 5.74) is 8.72. The highest BCUT2D eigenvalue weighted by atomic mass is 19.3. The first-order valence-corrected chi connectivity index (χ1v) is 11.7. The second-order valence-corrected chi connectivity index (χ2v) is 9.68. The smallest absolute Gasteiger partial charge is 0.248 e. The molecule has 6 rings (SSSR count). The van der Waals surface area contributed by atoms with E-state index in [1.807, 2.05) is 43.4 Å². The van der Waals surface area contributed by atoms with Gasteiger partial charge in [-0.2, -0.15) is 4.98 Å². The first kappa shape index (κ1) is 22.3. The number of hydrogen-bond acceptors (Lipinski definition) is 8. The minimum absolute atomic E-state index is 0.00383. The Morgan fingerprint density at radius 1 is 0.944 bits per heavy atom. The van der Waals surface area contributed by atoms with Gasteiger partial charge in [-0.25, -0.2) is 28.4 Å². The van der Waals surface area contributed by atoms with E-state index in [0.29, 0.717) is 31.3 Å². The van der Waals surface area contributed by atoms with E-state index >= 15 is 0 Å². The largest absolute Gasteiger partial charge is 0.368 e. The molecule has 1 aliphatic heterocycles. The highest BCUT2D eigenvalue weighted by Crippen LogP contribution is 2.52. The summed E-state index contributed by atoms with van der Waals surface area (Å²) in [6.07, 6.45) is 3.92. The Kier molecular flexibility index (Phi) is 5.09. The Bertz CT molecular complexity index is 1390. The fraction of sp³-hybridized carbons (Fsp3) is 0.320. The lowest BCUT2D eigenvalue weighted by Gasteiger charge is -2.48. The zero-order chi connectivity index (χ0) is 24.9. The molecular formula is C25H25F2N9. The van der Waals surface area contributed by atoms with Crippen LogP contribution >= 0.6 is 0 Å². The second kappa shape index (κ2) is 8.21. The molecule has 36 heavy (non-hydrogen) atoms. The third kappa shape index (κ3) is 4.21. The Labute approximate surface area is 206 Å². The van der Waals surface area contributed by atoms with Crippen molar-refractivity contribution >= 4 is 23.4 Å². The molecular weight excluding hydrogens is 464 g/mol. The number of hydrogen-bond donors (Lipinski definition) is 2. The van der Waals surface area contributed by atoms with Crippen LogP contribution in [0.15, 0.2) is 54.9 Å². The Balaban J connectivity index is 1.12. The van der Waals surface area contributed by atoms with Crippen molar-refractivity contribution < 1.29 is 8.78 Å². The standard InChI is InChI=1S/C25H25F2N9/c1-35-23(31-18-5-2-16(3-6-18)19-8-11-29-22(28)32-19)33-21(34-35)17-4-7-20(30-12-17)36-14-24(15-36)9-10-25(26,27)13-24/h2-8,11-12H,9-10,13-15H2,1H3,(H2,28,29,32)(H,31,33,34). The number of halogens is 2. The van der Waals surface area contributed by atoms with E-state index in [1.54, 1.807) is 23.1 Å². The van der Waals surface area contributed by atoms with Crippen molar-refractivity contribution in [3.63, 3.8) is 0 Å². The molecule has 4 aromatic rings. The zero-order valence-corrected chi connectivity index (χ0v) is 19.7. The Hall–Kier alpha value is -4.15. The van der Waals surface area contributed by atoms with Gasteiger partial charge in [0.25, 0.3) is 0 Å². The number of anilines is 4. The van der Waals surface area contributed by atoms with Crippen molar-refractivity contribution in [3.05, 3.63) is 54.9 Å². The number of alkyl halides is 2. The SMILES string of the molecule is Cn1nc(-c2ccc(N3CC4(CCC(F)(F)C4)C3)nc2)nc1Nc1ccc(-c2ccnc(N)n2)cc1. The van der Waals surface area contributed by atoms with E-state index in [1.165, 1.54) is 0 Å². The molecule has 0 amide bonds. The molecule has 3 N–H and O–H groups in total. The predicted molar refractivity (Wildman–Crippen MR) is 133 cm³/mol. The molecule has 1 saturated carbocycles. The van der Waals surface area contributed by atoms with Crippen LogP contribution in [0.4, 0.5) is 32.2 Å². The lowest BCUT2D eigenvalue weighted by Crippen LogP contribution is -2.56. The summed E-state index contributed by atoms with van der Waals surface area (Å²) < 4.78 is 28.9. The molecule has 1 saturated heterocycles. The molecule has 2 fully saturated rings. The van der Waals surface area contributed by atoms with Crippen LogP contribution in [0, 0.1) is 5.41 Å². The van der Waals surface area contributed by atoms with Gasteiger partial charge in [-0.15, -0.1) is 5.10 Å². The van der Waals surface area contributed by atoms with E-state index in [-0.39, 0.29) is 24.2 Å². The van der Waals surface area contributed by atoms with Crippen LogP contribution in [0.5, 0.6) is 0 Å². The van der Waals surface area contributed by atoms with Gasteiger partial charge in [0.1, 0.15) is 5.82 Å². The first-order chi connectivity index (χ1) is 17.3. The first-order valence-electron chi connectivity index (χ1n) is 11.7. The summed E-state index contributed by atoms with van der Waals surface area (Å²) in [5.74, 6) is -0.370. The highest BCUT2D eigenvalue weighted by Gasteiger charge is 2.55. The maximum absolute atomic E-state index is 13.6. The van der Waals surface area contributed by atoms with Crippen LogP contribution in [0.3, 0.4) is 0 Å². The molecule has 0 unspecified atom stereocenters. The molecule has 0 bridgehead atoms. The minimum atomic E-state index is -2.52. The van der Waals surface area contributed by atoms with Crippen molar-refractivity contribution in [2.24, 2.45) is 12.5 Å². The molecule has 1 spiro atoms. The molecule has 3 aromatic heterocycles. The van der Waals surface area contributed by atoms with Crippen molar-refractivity contribution in [2.45, 2.75) is 25.2 Å². The van der Waals surface area contributed by atoms with Crippen LogP contribution in [0.25, 0.3) is 22.6 Å². The number of benzene rings is 1. The fourth-order valence-electron chi connectivity index (χ4n) is 5.08. The molecule has 0 radical (unpaired) electrons. The van der Waals surface area contributed by atoms with E-state index in [4.69, 9.17) is 5.73 Å². The highest BCUT2D eigenvalue weighted by molar-refractivity contribution is 5.66. The number of nitrogen functional groups attached to an aromatic ring is 1. The van der Waals surface area contributed by atoms with E-state index < -0.39 is 5.92 Å². The molecule has 184 valence electrons. The molecule has 0 atom stereocenters. The van der Waals surface area contributed by atoms with Crippen LogP contribution in [0.1, 0.15) is 19.3 Å². The topological polar surface area (TPSA) is 111 Å². The van der Waals surface area contributed by atoms with Gasteiger partial charge in [-0.3, -0.25) is 0 Å². The van der Waals surface area contributed by atoms with Gasteiger partial charge < -0.3 is 16.0 Å². The quantitative estimate of drug-likeness (QED) is 0.427. The maximum atomic E-state index is 13.6. The Morgan fingerprint density at radius 2 is 1.72 bits per heavy atom. The number of aryl methyl sites for hydroxylation is 1. The van der Waals surface area contributed by atoms with Crippen molar-refractivity contribution in [3.8, 4) is 22.6 Å². The Morgan fingerprint density at radius 3 is 2.39 bits per heavy atom. The van der Waals surface area contributed by atoms with E-state index in [0.717, 1.165) is 28.3 Å². The van der Waals surface area contributed by atoms with Gasteiger partial charge in [-0.1, -0.05) is 12.1 Å². The third-order valence-corrected chi connectivity index (χ3v) is 6.91. The number of pyridine rings is 1. The normalized spacial score (nSPS) is 17.8. The van der Waals surface area contributed by atoms with Gasteiger partial charge in [0.05, 0.1) is 5.69 Å². The maximum Gasteiger partial charge on any atom is 0.248 e. The number of nitrogens with one attached hydrogen (secondary N) is 1. The summed E-state index contributed by atoms with van der Waals surface area (Å²) in [6, 6.07) is 13.4.